The van der Waals surface area contributed by atoms with Crippen molar-refractivity contribution in [1.29, 1.82) is 0 Å². The van der Waals surface area contributed by atoms with E-state index in [1.54, 1.807) is 7.11 Å². The van der Waals surface area contributed by atoms with Crippen molar-refractivity contribution in [3.05, 3.63) is 51.5 Å². The molecule has 0 aliphatic rings. The summed E-state index contributed by atoms with van der Waals surface area (Å²) in [5.74, 6) is 1.19. The van der Waals surface area contributed by atoms with Gasteiger partial charge in [0.05, 0.1) is 24.7 Å². The molecule has 3 aromatic rings. The Bertz CT molecular complexity index is 816. The van der Waals surface area contributed by atoms with Crippen molar-refractivity contribution in [2.45, 2.75) is 6.54 Å². The van der Waals surface area contributed by atoms with Crippen LogP contribution in [0.5, 0.6) is 5.75 Å². The maximum Gasteiger partial charge on any atom is 0.201 e. The molecule has 0 atom stereocenters. The minimum atomic E-state index is 0.449. The van der Waals surface area contributed by atoms with Gasteiger partial charge in [0, 0.05) is 15.1 Å². The van der Waals surface area contributed by atoms with E-state index in [-0.39, 0.29) is 0 Å². The van der Waals surface area contributed by atoms with Crippen LogP contribution >= 0.6 is 27.5 Å². The van der Waals surface area contributed by atoms with Crippen LogP contribution in [0, 0.1) is 0 Å². The summed E-state index contributed by atoms with van der Waals surface area (Å²) in [7, 11) is 1.63. The number of nitrogens with two attached hydrogens (primary N) is 1. The standard InChI is InChI=1S/C15H13BrClN3O/c1-21-14-4-2-3-11(17)10(14)8-20-13-6-5-9(16)7-12(13)19-15(20)18/h2-7H,8H2,1H3,(H2,18,19). The molecule has 6 heteroatoms. The lowest BCUT2D eigenvalue weighted by molar-refractivity contribution is 0.409. The lowest BCUT2D eigenvalue weighted by Crippen LogP contribution is -2.06. The van der Waals surface area contributed by atoms with E-state index in [4.69, 9.17) is 22.1 Å². The number of rotatable bonds is 3. The quantitative estimate of drug-likeness (QED) is 0.759. The lowest BCUT2D eigenvalue weighted by Gasteiger charge is -2.12. The number of imidazole rings is 1. The maximum absolute atomic E-state index is 6.29. The minimum Gasteiger partial charge on any atom is -0.496 e. The molecule has 108 valence electrons. The SMILES string of the molecule is COc1cccc(Cl)c1Cn1c(N)nc2cc(Br)ccc21. The van der Waals surface area contributed by atoms with Gasteiger partial charge in [0.15, 0.2) is 0 Å². The summed E-state index contributed by atoms with van der Waals surface area (Å²) in [5, 5.41) is 0.646. The number of aromatic nitrogens is 2. The molecule has 0 saturated carbocycles. The molecule has 0 bridgehead atoms. The van der Waals surface area contributed by atoms with Gasteiger partial charge in [-0.1, -0.05) is 33.6 Å². The average molecular weight is 367 g/mol. The highest BCUT2D eigenvalue weighted by molar-refractivity contribution is 9.10. The summed E-state index contributed by atoms with van der Waals surface area (Å²) in [4.78, 5) is 4.38. The van der Waals surface area contributed by atoms with Crippen LogP contribution in [-0.4, -0.2) is 16.7 Å². The molecular weight excluding hydrogens is 354 g/mol. The highest BCUT2D eigenvalue weighted by Crippen LogP contribution is 2.30. The molecule has 3 rings (SSSR count). The van der Waals surface area contributed by atoms with Crippen molar-refractivity contribution in [2.24, 2.45) is 0 Å². The Morgan fingerprint density at radius 1 is 1.33 bits per heavy atom. The molecule has 0 fully saturated rings. The fourth-order valence-corrected chi connectivity index (χ4v) is 2.90. The third-order valence-electron chi connectivity index (χ3n) is 3.35. The van der Waals surface area contributed by atoms with Crippen LogP contribution < -0.4 is 10.5 Å². The van der Waals surface area contributed by atoms with Gasteiger partial charge in [0.25, 0.3) is 0 Å². The average Bonchev–Trinajstić information content (AvgIpc) is 2.76. The zero-order chi connectivity index (χ0) is 15.0. The second kappa shape index (κ2) is 5.58. The Labute approximate surface area is 135 Å². The second-order valence-corrected chi connectivity index (χ2v) is 5.93. The van der Waals surface area contributed by atoms with E-state index >= 15 is 0 Å². The van der Waals surface area contributed by atoms with Gasteiger partial charge in [-0.15, -0.1) is 0 Å². The molecule has 0 radical (unpaired) electrons. The van der Waals surface area contributed by atoms with Crippen molar-refractivity contribution >= 4 is 44.5 Å². The molecule has 2 N–H and O–H groups in total. The number of anilines is 1. The van der Waals surface area contributed by atoms with Crippen LogP contribution in [0.15, 0.2) is 40.9 Å². The molecular formula is C15H13BrClN3O. The molecule has 21 heavy (non-hydrogen) atoms. The number of benzene rings is 2. The van der Waals surface area contributed by atoms with Crippen molar-refractivity contribution in [2.75, 3.05) is 12.8 Å². The van der Waals surface area contributed by atoms with Gasteiger partial charge in [0.1, 0.15) is 5.75 Å². The van der Waals surface area contributed by atoms with Gasteiger partial charge in [-0.05, 0) is 30.3 Å². The predicted molar refractivity (Wildman–Crippen MR) is 89.0 cm³/mol. The smallest absolute Gasteiger partial charge is 0.201 e. The summed E-state index contributed by atoms with van der Waals surface area (Å²) < 4.78 is 8.27. The first-order chi connectivity index (χ1) is 10.1. The first-order valence-electron chi connectivity index (χ1n) is 6.33. The van der Waals surface area contributed by atoms with E-state index in [9.17, 15) is 0 Å². The van der Waals surface area contributed by atoms with Crippen LogP contribution in [0.1, 0.15) is 5.56 Å². The summed E-state index contributed by atoms with van der Waals surface area (Å²) in [6.07, 6.45) is 0. The van der Waals surface area contributed by atoms with Crippen molar-refractivity contribution in [3.63, 3.8) is 0 Å². The molecule has 0 unspecified atom stereocenters. The van der Waals surface area contributed by atoms with Crippen LogP contribution in [0.4, 0.5) is 5.95 Å². The van der Waals surface area contributed by atoms with Gasteiger partial charge in [-0.25, -0.2) is 4.98 Å². The Balaban J connectivity index is 2.12. The highest BCUT2D eigenvalue weighted by atomic mass is 79.9. The van der Waals surface area contributed by atoms with Gasteiger partial charge < -0.3 is 15.0 Å². The molecule has 1 aromatic heterocycles. The molecule has 2 aromatic carbocycles. The first kappa shape index (κ1) is 14.2. The number of hydrogen-bond donors (Lipinski definition) is 1. The van der Waals surface area contributed by atoms with Crippen LogP contribution in [0.2, 0.25) is 5.02 Å². The lowest BCUT2D eigenvalue weighted by atomic mass is 10.2. The monoisotopic (exact) mass is 365 g/mol. The zero-order valence-electron chi connectivity index (χ0n) is 11.3. The minimum absolute atomic E-state index is 0.449. The molecule has 4 nitrogen and oxygen atoms in total. The number of ether oxygens (including phenoxy) is 1. The number of nitrogens with zero attached hydrogens (tertiary/aromatic N) is 2. The molecule has 0 aliphatic carbocycles. The third-order valence-corrected chi connectivity index (χ3v) is 4.20. The number of nitrogen functional groups attached to an aromatic ring is 1. The van der Waals surface area contributed by atoms with Gasteiger partial charge in [0.2, 0.25) is 5.95 Å². The molecule has 0 spiro atoms. The van der Waals surface area contributed by atoms with Crippen molar-refractivity contribution < 1.29 is 4.74 Å². The second-order valence-electron chi connectivity index (χ2n) is 4.61. The van der Waals surface area contributed by atoms with Crippen molar-refractivity contribution in [1.82, 2.24) is 9.55 Å². The fourth-order valence-electron chi connectivity index (χ4n) is 2.33. The molecule has 1 heterocycles. The van der Waals surface area contributed by atoms with Crippen LogP contribution in [-0.2, 0) is 6.54 Å². The molecule has 0 aliphatic heterocycles. The van der Waals surface area contributed by atoms with Crippen LogP contribution in [0.25, 0.3) is 11.0 Å². The summed E-state index contributed by atoms with van der Waals surface area (Å²) in [6.45, 7) is 0.507. The first-order valence-corrected chi connectivity index (χ1v) is 7.50. The molecule has 0 saturated heterocycles. The predicted octanol–water partition coefficient (Wildman–Crippen LogP) is 4.09. The Morgan fingerprint density at radius 3 is 2.90 bits per heavy atom. The van der Waals surface area contributed by atoms with Gasteiger partial charge in [-0.2, -0.15) is 0 Å². The number of hydrogen-bond acceptors (Lipinski definition) is 3. The van der Waals surface area contributed by atoms with E-state index in [0.29, 0.717) is 17.5 Å². The summed E-state index contributed by atoms with van der Waals surface area (Å²) >= 11 is 9.73. The zero-order valence-corrected chi connectivity index (χ0v) is 13.6. The van der Waals surface area contributed by atoms with E-state index in [1.807, 2.05) is 41.0 Å². The van der Waals surface area contributed by atoms with Gasteiger partial charge in [-0.3, -0.25) is 0 Å². The largest absolute Gasteiger partial charge is 0.496 e. The normalized spacial score (nSPS) is 11.0. The number of halogens is 2. The fraction of sp³-hybridized carbons (Fsp3) is 0.133. The van der Waals surface area contributed by atoms with Gasteiger partial charge >= 0.3 is 0 Å². The van der Waals surface area contributed by atoms with Crippen molar-refractivity contribution in [3.8, 4) is 5.75 Å². The maximum atomic E-state index is 6.29. The summed E-state index contributed by atoms with van der Waals surface area (Å²) in [5.41, 5.74) is 8.73. The van der Waals surface area contributed by atoms with E-state index < -0.39 is 0 Å². The number of fused-ring (bicyclic) bond motifs is 1. The Kier molecular flexibility index (Phi) is 3.78. The van der Waals surface area contributed by atoms with E-state index in [1.165, 1.54) is 0 Å². The highest BCUT2D eigenvalue weighted by Gasteiger charge is 2.13. The van der Waals surface area contributed by atoms with E-state index in [0.717, 1.165) is 26.8 Å². The van der Waals surface area contributed by atoms with E-state index in [2.05, 4.69) is 20.9 Å². The summed E-state index contributed by atoms with van der Waals surface area (Å²) in [6, 6.07) is 11.5. The number of methoxy groups -OCH3 is 1. The Hall–Kier alpha value is -1.72. The van der Waals surface area contributed by atoms with Crippen LogP contribution in [0.3, 0.4) is 0 Å². The Morgan fingerprint density at radius 2 is 2.14 bits per heavy atom. The third kappa shape index (κ3) is 2.59. The molecule has 0 amide bonds. The topological polar surface area (TPSA) is 53.1 Å².